The number of carbonyl (C=O) groups is 1. The highest BCUT2D eigenvalue weighted by Gasteiger charge is 2.21. The number of hydrogen-bond donors (Lipinski definition) is 1. The van der Waals surface area contributed by atoms with E-state index in [0.717, 1.165) is 13.1 Å². The van der Waals surface area contributed by atoms with E-state index >= 15 is 0 Å². The Morgan fingerprint density at radius 1 is 1.18 bits per heavy atom. The van der Waals surface area contributed by atoms with Gasteiger partial charge in [0, 0.05) is 25.7 Å². The minimum atomic E-state index is -0.195. The van der Waals surface area contributed by atoms with Gasteiger partial charge in [-0.15, -0.1) is 0 Å². The summed E-state index contributed by atoms with van der Waals surface area (Å²) >= 11 is 0. The van der Waals surface area contributed by atoms with Gasteiger partial charge in [0.05, 0.1) is 6.54 Å². The third kappa shape index (κ3) is 6.46. The molecule has 0 saturated carbocycles. The molecule has 1 unspecified atom stereocenters. The molecule has 1 N–H and O–H groups in total. The molecule has 1 atom stereocenters. The summed E-state index contributed by atoms with van der Waals surface area (Å²) in [7, 11) is 3.94. The summed E-state index contributed by atoms with van der Waals surface area (Å²) in [5, 5.41) is 2.87. The molecule has 0 saturated heterocycles. The lowest BCUT2D eigenvalue weighted by Gasteiger charge is -2.31. The zero-order chi connectivity index (χ0) is 20.7. The van der Waals surface area contributed by atoms with Crippen LogP contribution in [-0.2, 0) is 13.1 Å². The van der Waals surface area contributed by atoms with Gasteiger partial charge in [0.1, 0.15) is 6.26 Å². The third-order valence-electron chi connectivity index (χ3n) is 5.14. The van der Waals surface area contributed by atoms with Gasteiger partial charge in [0.25, 0.3) is 5.91 Å². The van der Waals surface area contributed by atoms with Gasteiger partial charge in [-0.2, -0.15) is 0 Å². The van der Waals surface area contributed by atoms with Crippen molar-refractivity contribution in [2.24, 2.45) is 5.92 Å². The predicted octanol–water partition coefficient (Wildman–Crippen LogP) is 3.32. The molecule has 6 nitrogen and oxygen atoms in total. The van der Waals surface area contributed by atoms with Crippen LogP contribution >= 0.6 is 0 Å². The number of aryl methyl sites for hydroxylation is 1. The lowest BCUT2D eigenvalue weighted by molar-refractivity contribution is 0.0945. The molecule has 0 radical (unpaired) electrons. The highest BCUT2D eigenvalue weighted by molar-refractivity contribution is 5.91. The van der Waals surface area contributed by atoms with Crippen LogP contribution in [0.4, 0.5) is 0 Å². The average Bonchev–Trinajstić information content (AvgIpc) is 3.10. The average molecular weight is 387 g/mol. The van der Waals surface area contributed by atoms with Crippen molar-refractivity contribution in [3.8, 4) is 0 Å². The summed E-state index contributed by atoms with van der Waals surface area (Å²) in [5.74, 6) is 0.867. The summed E-state index contributed by atoms with van der Waals surface area (Å²) in [6.07, 6.45) is 1.45. The van der Waals surface area contributed by atoms with E-state index in [-0.39, 0.29) is 5.91 Å². The van der Waals surface area contributed by atoms with Crippen LogP contribution in [0.15, 0.2) is 34.9 Å². The van der Waals surface area contributed by atoms with E-state index in [9.17, 15) is 4.79 Å². The Morgan fingerprint density at radius 2 is 1.89 bits per heavy atom. The summed E-state index contributed by atoms with van der Waals surface area (Å²) in [4.78, 5) is 21.0. The molecule has 0 aliphatic rings. The molecule has 2 aromatic rings. The largest absolute Gasteiger partial charge is 0.447 e. The number of hydrogen-bond acceptors (Lipinski definition) is 5. The van der Waals surface area contributed by atoms with Crippen LogP contribution in [0.1, 0.15) is 48.3 Å². The van der Waals surface area contributed by atoms with E-state index in [1.807, 2.05) is 19.0 Å². The quantitative estimate of drug-likeness (QED) is 0.679. The topological polar surface area (TPSA) is 61.6 Å². The van der Waals surface area contributed by atoms with E-state index in [1.165, 1.54) is 17.4 Å². The van der Waals surface area contributed by atoms with Gasteiger partial charge in [-0.25, -0.2) is 4.98 Å². The van der Waals surface area contributed by atoms with E-state index in [4.69, 9.17) is 4.42 Å². The van der Waals surface area contributed by atoms with Gasteiger partial charge in [-0.05, 0) is 45.0 Å². The Bertz CT molecular complexity index is 754. The number of amides is 1. The second-order valence-electron chi connectivity index (χ2n) is 8.00. The second kappa shape index (κ2) is 10.4. The lowest BCUT2D eigenvalue weighted by atomic mass is 10.0. The molecule has 0 aliphatic carbocycles. The Labute approximate surface area is 168 Å². The Kier molecular flexibility index (Phi) is 8.20. The van der Waals surface area contributed by atoms with Gasteiger partial charge < -0.3 is 14.6 Å². The molecule has 0 spiro atoms. The highest BCUT2D eigenvalue weighted by atomic mass is 16.3. The standard InChI is InChI=1S/C22H34N4O2/c1-16(2)18(4)26(13-19-10-8-7-9-17(19)3)14-21-24-20(15-28-21)22(27)23-11-12-25(5)6/h7-10,15-16,18H,11-14H2,1-6H3,(H,23,27). The van der Waals surface area contributed by atoms with Crippen molar-refractivity contribution in [2.75, 3.05) is 27.2 Å². The van der Waals surface area contributed by atoms with Crippen molar-refractivity contribution < 1.29 is 9.21 Å². The zero-order valence-electron chi connectivity index (χ0n) is 18.0. The van der Waals surface area contributed by atoms with Gasteiger partial charge in [0.15, 0.2) is 5.69 Å². The molecule has 1 heterocycles. The van der Waals surface area contributed by atoms with Crippen molar-refractivity contribution in [1.29, 1.82) is 0 Å². The van der Waals surface area contributed by atoms with Crippen molar-refractivity contribution in [2.45, 2.75) is 46.8 Å². The van der Waals surface area contributed by atoms with Crippen LogP contribution < -0.4 is 5.32 Å². The fourth-order valence-electron chi connectivity index (χ4n) is 2.92. The molecule has 1 amide bonds. The molecule has 0 aliphatic heterocycles. The first-order valence-electron chi connectivity index (χ1n) is 9.93. The van der Waals surface area contributed by atoms with Crippen LogP contribution in [-0.4, -0.2) is 53.9 Å². The smallest absolute Gasteiger partial charge is 0.273 e. The number of oxazole rings is 1. The maximum atomic E-state index is 12.2. The molecule has 2 rings (SSSR count). The fourth-order valence-corrected chi connectivity index (χ4v) is 2.92. The normalized spacial score (nSPS) is 12.8. The Balaban J connectivity index is 2.07. The monoisotopic (exact) mass is 386 g/mol. The van der Waals surface area contributed by atoms with E-state index in [2.05, 4.69) is 67.2 Å². The molecule has 154 valence electrons. The zero-order valence-corrected chi connectivity index (χ0v) is 18.0. The maximum absolute atomic E-state index is 12.2. The number of rotatable bonds is 10. The summed E-state index contributed by atoms with van der Waals surface area (Å²) in [6, 6.07) is 8.78. The summed E-state index contributed by atoms with van der Waals surface area (Å²) in [5.41, 5.74) is 2.90. The summed E-state index contributed by atoms with van der Waals surface area (Å²) in [6.45, 7) is 11.5. The first kappa shape index (κ1) is 22.1. The third-order valence-corrected chi connectivity index (χ3v) is 5.14. The van der Waals surface area contributed by atoms with Gasteiger partial charge >= 0.3 is 0 Å². The molecule has 28 heavy (non-hydrogen) atoms. The molecule has 1 aromatic heterocycles. The van der Waals surface area contributed by atoms with Crippen LogP contribution in [0.25, 0.3) is 0 Å². The van der Waals surface area contributed by atoms with Crippen molar-refractivity contribution in [3.05, 3.63) is 53.2 Å². The number of aromatic nitrogens is 1. The van der Waals surface area contributed by atoms with Crippen molar-refractivity contribution in [3.63, 3.8) is 0 Å². The van der Waals surface area contributed by atoms with Crippen molar-refractivity contribution in [1.82, 2.24) is 20.1 Å². The van der Waals surface area contributed by atoms with E-state index < -0.39 is 0 Å². The number of benzene rings is 1. The van der Waals surface area contributed by atoms with Crippen LogP contribution in [0, 0.1) is 12.8 Å². The van der Waals surface area contributed by atoms with Gasteiger partial charge in [-0.1, -0.05) is 38.1 Å². The first-order valence-corrected chi connectivity index (χ1v) is 9.93. The maximum Gasteiger partial charge on any atom is 0.273 e. The fraction of sp³-hybridized carbons (Fsp3) is 0.545. The SMILES string of the molecule is Cc1ccccc1CN(Cc1nc(C(=O)NCCN(C)C)co1)C(C)C(C)C. The predicted molar refractivity (Wildman–Crippen MR) is 112 cm³/mol. The highest BCUT2D eigenvalue weighted by Crippen LogP contribution is 2.19. The summed E-state index contributed by atoms with van der Waals surface area (Å²) < 4.78 is 5.62. The van der Waals surface area contributed by atoms with Crippen LogP contribution in [0.2, 0.25) is 0 Å². The minimum Gasteiger partial charge on any atom is -0.447 e. The van der Waals surface area contributed by atoms with Crippen LogP contribution in [0.3, 0.4) is 0 Å². The molecule has 1 aromatic carbocycles. The minimum absolute atomic E-state index is 0.195. The number of nitrogens with one attached hydrogen (secondary N) is 1. The lowest BCUT2D eigenvalue weighted by Crippen LogP contribution is -2.36. The first-order chi connectivity index (χ1) is 13.3. The Hall–Kier alpha value is -2.18. The van der Waals surface area contributed by atoms with E-state index in [1.54, 1.807) is 0 Å². The number of carbonyl (C=O) groups excluding carboxylic acids is 1. The van der Waals surface area contributed by atoms with Crippen LogP contribution in [0.5, 0.6) is 0 Å². The molecule has 0 bridgehead atoms. The molecule has 6 heteroatoms. The molecule has 0 fully saturated rings. The number of likely N-dealkylation sites (N-methyl/N-ethyl adjacent to an activating group) is 1. The Morgan fingerprint density at radius 3 is 2.54 bits per heavy atom. The second-order valence-corrected chi connectivity index (χ2v) is 8.00. The van der Waals surface area contributed by atoms with Gasteiger partial charge in [0.2, 0.25) is 5.89 Å². The molecular weight excluding hydrogens is 352 g/mol. The molecular formula is C22H34N4O2. The number of nitrogens with zero attached hydrogens (tertiary/aromatic N) is 3. The van der Waals surface area contributed by atoms with Crippen molar-refractivity contribution >= 4 is 5.91 Å². The van der Waals surface area contributed by atoms with Gasteiger partial charge in [-0.3, -0.25) is 9.69 Å². The van der Waals surface area contributed by atoms with E-state index in [0.29, 0.717) is 36.6 Å².